The molecule has 0 aromatic carbocycles. The van der Waals surface area contributed by atoms with Gasteiger partial charge in [-0.25, -0.2) is 23.7 Å². The van der Waals surface area contributed by atoms with E-state index in [2.05, 4.69) is 19.9 Å². The van der Waals surface area contributed by atoms with Crippen molar-refractivity contribution in [2.45, 2.75) is 25.3 Å². The van der Waals surface area contributed by atoms with Crippen LogP contribution in [0.25, 0.3) is 0 Å². The number of alkyl halides is 2. The van der Waals surface area contributed by atoms with E-state index in [-0.39, 0.29) is 6.42 Å². The molecule has 8 heteroatoms. The van der Waals surface area contributed by atoms with Crippen LogP contribution in [-0.2, 0) is 13.6 Å². The van der Waals surface area contributed by atoms with Gasteiger partial charge in [0.25, 0.3) is 5.92 Å². The first kappa shape index (κ1) is 16.4. The maximum atomic E-state index is 14.9. The zero-order chi connectivity index (χ0) is 17.5. The molecule has 6 nitrogen and oxygen atoms in total. The second kappa shape index (κ2) is 6.01. The number of imidazole rings is 1. The minimum absolute atomic E-state index is 0.110. The molecule has 0 bridgehead atoms. The molecule has 25 heavy (non-hydrogen) atoms. The molecule has 134 valence electrons. The van der Waals surface area contributed by atoms with Crippen molar-refractivity contribution < 1.29 is 8.78 Å². The van der Waals surface area contributed by atoms with Crippen molar-refractivity contribution in [3.63, 3.8) is 0 Å². The Bertz CT molecular complexity index is 734. The molecule has 0 unspecified atom stereocenters. The van der Waals surface area contributed by atoms with Gasteiger partial charge in [0.15, 0.2) is 0 Å². The Balaban J connectivity index is 1.53. The fourth-order valence-corrected chi connectivity index (χ4v) is 4.00. The van der Waals surface area contributed by atoms with Gasteiger partial charge in [-0.15, -0.1) is 0 Å². The van der Waals surface area contributed by atoms with E-state index in [0.29, 0.717) is 45.1 Å². The average molecular weight is 348 g/mol. The summed E-state index contributed by atoms with van der Waals surface area (Å²) in [6.45, 7) is 2.22. The second-order valence-electron chi connectivity index (χ2n) is 7.12. The summed E-state index contributed by atoms with van der Waals surface area (Å²) in [6, 6.07) is 1.74. The van der Waals surface area contributed by atoms with Gasteiger partial charge in [0.1, 0.15) is 5.82 Å². The molecule has 2 aliphatic rings. The first-order valence-corrected chi connectivity index (χ1v) is 8.57. The predicted octanol–water partition coefficient (Wildman–Crippen LogP) is 1.95. The van der Waals surface area contributed by atoms with Crippen LogP contribution in [-0.4, -0.2) is 56.5 Å². The lowest BCUT2D eigenvalue weighted by Crippen LogP contribution is -2.56. The second-order valence-corrected chi connectivity index (χ2v) is 7.12. The van der Waals surface area contributed by atoms with Crippen molar-refractivity contribution in [2.75, 3.05) is 31.1 Å². The standard InChI is InChI=1S/C17H22F2N6/c1-23-10-7-20-14(23)11-24-8-4-17(18,19)16(12-24)3-9-25(13-16)15-21-5-2-6-22-15/h2,5-7,10H,3-4,8-9,11-13H2,1H3/t16-/m1/s1. The molecule has 0 aliphatic carbocycles. The molecule has 0 N–H and O–H groups in total. The van der Waals surface area contributed by atoms with Crippen LogP contribution >= 0.6 is 0 Å². The Morgan fingerprint density at radius 3 is 2.56 bits per heavy atom. The van der Waals surface area contributed by atoms with Crippen molar-refractivity contribution in [1.82, 2.24) is 24.4 Å². The molecule has 4 heterocycles. The van der Waals surface area contributed by atoms with Crippen LogP contribution in [0.5, 0.6) is 0 Å². The third-order valence-electron chi connectivity index (χ3n) is 5.52. The summed E-state index contributed by atoms with van der Waals surface area (Å²) in [6.07, 6.45) is 7.27. The van der Waals surface area contributed by atoms with Crippen LogP contribution in [0.15, 0.2) is 30.9 Å². The van der Waals surface area contributed by atoms with Gasteiger partial charge >= 0.3 is 0 Å². The Hall–Kier alpha value is -2.09. The Morgan fingerprint density at radius 2 is 1.84 bits per heavy atom. The number of aromatic nitrogens is 4. The molecule has 0 amide bonds. The Morgan fingerprint density at radius 1 is 1.04 bits per heavy atom. The summed E-state index contributed by atoms with van der Waals surface area (Å²) in [5.74, 6) is -1.23. The zero-order valence-electron chi connectivity index (χ0n) is 14.3. The van der Waals surface area contributed by atoms with Crippen molar-refractivity contribution in [1.29, 1.82) is 0 Å². The number of piperidine rings is 1. The zero-order valence-corrected chi connectivity index (χ0v) is 14.3. The van der Waals surface area contributed by atoms with Gasteiger partial charge in [-0.05, 0) is 12.5 Å². The highest BCUT2D eigenvalue weighted by molar-refractivity contribution is 5.33. The highest BCUT2D eigenvalue weighted by atomic mass is 19.3. The van der Waals surface area contributed by atoms with Gasteiger partial charge < -0.3 is 9.47 Å². The molecule has 2 aromatic heterocycles. The monoisotopic (exact) mass is 348 g/mol. The van der Waals surface area contributed by atoms with E-state index in [1.54, 1.807) is 24.7 Å². The smallest absolute Gasteiger partial charge is 0.257 e. The number of likely N-dealkylation sites (tertiary alicyclic amines) is 1. The number of rotatable bonds is 3. The first-order valence-electron chi connectivity index (χ1n) is 8.57. The minimum atomic E-state index is -2.67. The fraction of sp³-hybridized carbons (Fsp3) is 0.588. The number of halogens is 2. The molecule has 2 aromatic rings. The number of hydrogen-bond acceptors (Lipinski definition) is 5. The van der Waals surface area contributed by atoms with E-state index >= 15 is 0 Å². The molecule has 2 aliphatic heterocycles. The molecule has 1 atom stereocenters. The first-order chi connectivity index (χ1) is 12.0. The highest BCUT2D eigenvalue weighted by Gasteiger charge is 2.59. The maximum absolute atomic E-state index is 14.9. The molecular formula is C17H22F2N6. The summed E-state index contributed by atoms with van der Waals surface area (Å²) in [5.41, 5.74) is -1.05. The molecule has 0 radical (unpaired) electrons. The lowest BCUT2D eigenvalue weighted by molar-refractivity contribution is -0.159. The van der Waals surface area contributed by atoms with Crippen LogP contribution in [0, 0.1) is 5.41 Å². The van der Waals surface area contributed by atoms with Gasteiger partial charge in [0.05, 0.1) is 12.0 Å². The van der Waals surface area contributed by atoms with Crippen LogP contribution in [0.4, 0.5) is 14.7 Å². The predicted molar refractivity (Wildman–Crippen MR) is 89.3 cm³/mol. The van der Waals surface area contributed by atoms with Crippen molar-refractivity contribution in [3.05, 3.63) is 36.7 Å². The highest BCUT2D eigenvalue weighted by Crippen LogP contribution is 2.50. The SMILES string of the molecule is Cn1ccnc1CN1CCC(F)(F)[C@]2(CCN(c3ncccn3)C2)C1. The van der Waals surface area contributed by atoms with E-state index in [1.165, 1.54) is 0 Å². The average Bonchev–Trinajstić information content (AvgIpc) is 3.21. The third kappa shape index (κ3) is 2.88. The quantitative estimate of drug-likeness (QED) is 0.849. The minimum Gasteiger partial charge on any atom is -0.340 e. The normalized spacial score (nSPS) is 26.4. The van der Waals surface area contributed by atoms with Crippen LogP contribution < -0.4 is 4.90 Å². The van der Waals surface area contributed by atoms with Crippen molar-refractivity contribution >= 4 is 5.95 Å². The van der Waals surface area contributed by atoms with E-state index < -0.39 is 11.3 Å². The summed E-state index contributed by atoms with van der Waals surface area (Å²) in [7, 11) is 1.93. The molecule has 0 saturated carbocycles. The molecule has 4 rings (SSSR count). The van der Waals surface area contributed by atoms with E-state index in [0.717, 1.165) is 5.82 Å². The number of aryl methyl sites for hydroxylation is 1. The van der Waals surface area contributed by atoms with Crippen molar-refractivity contribution in [3.8, 4) is 0 Å². The summed E-state index contributed by atoms with van der Waals surface area (Å²) >= 11 is 0. The maximum Gasteiger partial charge on any atom is 0.257 e. The summed E-state index contributed by atoms with van der Waals surface area (Å²) in [4.78, 5) is 16.8. The number of hydrogen-bond donors (Lipinski definition) is 0. The van der Waals surface area contributed by atoms with Gasteiger partial charge in [-0.2, -0.15) is 0 Å². The molecular weight excluding hydrogens is 326 g/mol. The largest absolute Gasteiger partial charge is 0.340 e. The van der Waals surface area contributed by atoms with Crippen LogP contribution in [0.1, 0.15) is 18.7 Å². The van der Waals surface area contributed by atoms with Crippen molar-refractivity contribution in [2.24, 2.45) is 12.5 Å². The number of nitrogens with zero attached hydrogens (tertiary/aromatic N) is 6. The molecule has 2 saturated heterocycles. The number of anilines is 1. The van der Waals surface area contributed by atoms with E-state index in [1.807, 2.05) is 22.7 Å². The molecule has 1 spiro atoms. The van der Waals surface area contributed by atoms with Gasteiger partial charge in [-0.3, -0.25) is 4.90 Å². The summed E-state index contributed by atoms with van der Waals surface area (Å²) in [5, 5.41) is 0. The Kier molecular flexibility index (Phi) is 3.94. The third-order valence-corrected chi connectivity index (χ3v) is 5.52. The van der Waals surface area contributed by atoms with Crippen LogP contribution in [0.3, 0.4) is 0 Å². The van der Waals surface area contributed by atoms with E-state index in [4.69, 9.17) is 0 Å². The molecule has 2 fully saturated rings. The lowest BCUT2D eigenvalue weighted by atomic mass is 9.75. The Labute approximate surface area is 145 Å². The summed E-state index contributed by atoms with van der Waals surface area (Å²) < 4.78 is 31.7. The van der Waals surface area contributed by atoms with Gasteiger partial charge in [0.2, 0.25) is 5.95 Å². The topological polar surface area (TPSA) is 50.1 Å². The van der Waals surface area contributed by atoms with Crippen LogP contribution in [0.2, 0.25) is 0 Å². The lowest BCUT2D eigenvalue weighted by Gasteiger charge is -2.45. The van der Waals surface area contributed by atoms with Gasteiger partial charge in [-0.1, -0.05) is 0 Å². The fourth-order valence-electron chi connectivity index (χ4n) is 4.00. The van der Waals surface area contributed by atoms with E-state index in [9.17, 15) is 8.78 Å². The van der Waals surface area contributed by atoms with Gasteiger partial charge in [0, 0.05) is 64.4 Å².